The van der Waals surface area contributed by atoms with Crippen LogP contribution in [0.15, 0.2) is 35.0 Å². The Morgan fingerprint density at radius 1 is 1.36 bits per heavy atom. The molecule has 0 unspecified atom stereocenters. The molecule has 0 spiro atoms. The molecule has 2 heterocycles. The van der Waals surface area contributed by atoms with Gasteiger partial charge in [-0.25, -0.2) is 4.98 Å². The maximum Gasteiger partial charge on any atom is 0.212 e. The molecule has 0 aliphatic carbocycles. The first-order valence-electron chi connectivity index (χ1n) is 4.10. The highest BCUT2D eigenvalue weighted by molar-refractivity contribution is 7.08. The summed E-state index contributed by atoms with van der Waals surface area (Å²) in [6.07, 6.45) is 0.625. The molecule has 2 aromatic heterocycles. The van der Waals surface area contributed by atoms with Crippen molar-refractivity contribution < 1.29 is 4.79 Å². The van der Waals surface area contributed by atoms with Crippen LogP contribution in [0.5, 0.6) is 0 Å². The summed E-state index contributed by atoms with van der Waals surface area (Å²) in [4.78, 5) is 14.5. The van der Waals surface area contributed by atoms with E-state index in [1.165, 1.54) is 0 Å². The molecule has 0 saturated carbocycles. The van der Waals surface area contributed by atoms with E-state index in [0.717, 1.165) is 11.3 Å². The maximum atomic E-state index is 10.2. The highest BCUT2D eigenvalue weighted by Crippen LogP contribution is 2.20. The number of nitrogens with zero attached hydrogens (tertiary/aromatic N) is 1. The van der Waals surface area contributed by atoms with Gasteiger partial charge in [-0.3, -0.25) is 4.79 Å². The summed E-state index contributed by atoms with van der Waals surface area (Å²) < 4.78 is 0. The van der Waals surface area contributed by atoms with Gasteiger partial charge < -0.3 is 5.32 Å². The van der Waals surface area contributed by atoms with Crippen molar-refractivity contribution in [1.82, 2.24) is 4.98 Å². The average Bonchev–Trinajstić information content (AvgIpc) is 2.71. The molecule has 0 atom stereocenters. The van der Waals surface area contributed by atoms with Crippen LogP contribution in [0.1, 0.15) is 0 Å². The van der Waals surface area contributed by atoms with Crippen LogP contribution in [0, 0.1) is 0 Å². The lowest BCUT2D eigenvalue weighted by atomic mass is 10.2. The van der Waals surface area contributed by atoms with Crippen molar-refractivity contribution in [2.45, 2.75) is 0 Å². The van der Waals surface area contributed by atoms with Gasteiger partial charge in [-0.2, -0.15) is 11.3 Å². The van der Waals surface area contributed by atoms with Gasteiger partial charge in [0, 0.05) is 10.9 Å². The van der Waals surface area contributed by atoms with Crippen LogP contribution >= 0.6 is 11.3 Å². The van der Waals surface area contributed by atoms with Gasteiger partial charge in [0.25, 0.3) is 0 Å². The molecule has 0 aromatic carbocycles. The van der Waals surface area contributed by atoms with E-state index in [2.05, 4.69) is 10.3 Å². The van der Waals surface area contributed by atoms with E-state index in [1.54, 1.807) is 17.4 Å². The zero-order valence-electron chi connectivity index (χ0n) is 7.31. The van der Waals surface area contributed by atoms with Gasteiger partial charge in [0.05, 0.1) is 5.69 Å². The van der Waals surface area contributed by atoms with Gasteiger partial charge in [-0.1, -0.05) is 6.07 Å². The third-order valence-electron chi connectivity index (χ3n) is 1.77. The van der Waals surface area contributed by atoms with Crippen molar-refractivity contribution in [2.75, 3.05) is 5.32 Å². The lowest BCUT2D eigenvalue weighted by molar-refractivity contribution is -0.105. The number of thiophene rings is 1. The summed E-state index contributed by atoms with van der Waals surface area (Å²) in [7, 11) is 0. The first kappa shape index (κ1) is 8.90. The first-order valence-corrected chi connectivity index (χ1v) is 5.04. The van der Waals surface area contributed by atoms with Crippen LogP contribution in [-0.4, -0.2) is 11.4 Å². The molecule has 0 radical (unpaired) electrons. The predicted molar refractivity (Wildman–Crippen MR) is 57.2 cm³/mol. The summed E-state index contributed by atoms with van der Waals surface area (Å²) in [6, 6.07) is 7.53. The van der Waals surface area contributed by atoms with Crippen molar-refractivity contribution in [3.05, 3.63) is 35.0 Å². The van der Waals surface area contributed by atoms with Gasteiger partial charge in [0.15, 0.2) is 0 Å². The van der Waals surface area contributed by atoms with Crippen molar-refractivity contribution in [2.24, 2.45) is 0 Å². The summed E-state index contributed by atoms with van der Waals surface area (Å²) in [5.74, 6) is 0.573. The van der Waals surface area contributed by atoms with Crippen LogP contribution in [0.3, 0.4) is 0 Å². The Kier molecular flexibility index (Phi) is 2.55. The molecule has 0 aliphatic rings. The lowest BCUT2D eigenvalue weighted by Crippen LogP contribution is -1.96. The molecule has 0 fully saturated rings. The number of amides is 1. The van der Waals surface area contributed by atoms with Crippen molar-refractivity contribution >= 4 is 23.6 Å². The van der Waals surface area contributed by atoms with Gasteiger partial charge in [-0.05, 0) is 23.6 Å². The number of hydrogen-bond donors (Lipinski definition) is 1. The van der Waals surface area contributed by atoms with E-state index in [4.69, 9.17) is 0 Å². The zero-order chi connectivity index (χ0) is 9.80. The summed E-state index contributed by atoms with van der Waals surface area (Å²) >= 11 is 1.62. The highest BCUT2D eigenvalue weighted by atomic mass is 32.1. The Balaban J connectivity index is 2.35. The number of anilines is 1. The van der Waals surface area contributed by atoms with E-state index in [0.29, 0.717) is 12.2 Å². The minimum Gasteiger partial charge on any atom is -0.313 e. The third kappa shape index (κ3) is 1.80. The van der Waals surface area contributed by atoms with Gasteiger partial charge in [0.2, 0.25) is 6.41 Å². The quantitative estimate of drug-likeness (QED) is 0.780. The number of pyridine rings is 1. The molecule has 0 aliphatic heterocycles. The number of carbonyl (C=O) groups excluding carboxylic acids is 1. The van der Waals surface area contributed by atoms with Gasteiger partial charge in [-0.15, -0.1) is 0 Å². The molecule has 2 aromatic rings. The minimum absolute atomic E-state index is 0.573. The summed E-state index contributed by atoms with van der Waals surface area (Å²) in [5, 5.41) is 6.54. The Hall–Kier alpha value is -1.68. The molecule has 1 N–H and O–H groups in total. The largest absolute Gasteiger partial charge is 0.313 e. The number of rotatable bonds is 3. The predicted octanol–water partition coefficient (Wildman–Crippen LogP) is 2.38. The molecule has 0 saturated heterocycles. The van der Waals surface area contributed by atoms with Crippen LogP contribution in [-0.2, 0) is 4.79 Å². The second-order valence-corrected chi connectivity index (χ2v) is 3.46. The van der Waals surface area contributed by atoms with Crippen LogP contribution in [0.2, 0.25) is 0 Å². The Morgan fingerprint density at radius 2 is 2.29 bits per heavy atom. The number of carbonyl (C=O) groups is 1. The number of nitrogens with one attached hydrogen (secondary N) is 1. The Bertz CT molecular complexity index is 425. The molecule has 3 nitrogen and oxygen atoms in total. The molecule has 4 heteroatoms. The molecule has 70 valence electrons. The van der Waals surface area contributed by atoms with E-state index < -0.39 is 0 Å². The van der Waals surface area contributed by atoms with Crippen LogP contribution in [0.25, 0.3) is 11.3 Å². The second-order valence-electron chi connectivity index (χ2n) is 2.68. The topological polar surface area (TPSA) is 42.0 Å². The fourth-order valence-electron chi connectivity index (χ4n) is 1.15. The highest BCUT2D eigenvalue weighted by Gasteiger charge is 1.99. The molecule has 2 rings (SSSR count). The summed E-state index contributed by atoms with van der Waals surface area (Å²) in [5.41, 5.74) is 1.95. The van der Waals surface area contributed by atoms with Crippen molar-refractivity contribution in [1.29, 1.82) is 0 Å². The van der Waals surface area contributed by atoms with Gasteiger partial charge >= 0.3 is 0 Å². The lowest BCUT2D eigenvalue weighted by Gasteiger charge is -2.00. The number of aromatic nitrogens is 1. The molecule has 1 amide bonds. The molecule has 14 heavy (non-hydrogen) atoms. The fraction of sp³-hybridized carbons (Fsp3) is 0. The number of hydrogen-bond acceptors (Lipinski definition) is 3. The van der Waals surface area contributed by atoms with Crippen molar-refractivity contribution in [3.8, 4) is 11.3 Å². The van der Waals surface area contributed by atoms with Gasteiger partial charge in [0.1, 0.15) is 5.82 Å². The minimum atomic E-state index is 0.573. The monoisotopic (exact) mass is 204 g/mol. The van der Waals surface area contributed by atoms with E-state index in [-0.39, 0.29) is 0 Å². The SMILES string of the molecule is O=CNc1cccc(-c2ccsc2)n1. The molecular formula is C10H8N2OS. The molecule has 0 bridgehead atoms. The Morgan fingerprint density at radius 3 is 3.00 bits per heavy atom. The standard InChI is InChI=1S/C10H8N2OS/c13-7-11-10-3-1-2-9(12-10)8-4-5-14-6-8/h1-7H,(H,11,12,13). The maximum absolute atomic E-state index is 10.2. The van der Waals surface area contributed by atoms with E-state index in [9.17, 15) is 4.79 Å². The van der Waals surface area contributed by atoms with E-state index in [1.807, 2.05) is 29.0 Å². The smallest absolute Gasteiger partial charge is 0.212 e. The van der Waals surface area contributed by atoms with E-state index >= 15 is 0 Å². The summed E-state index contributed by atoms with van der Waals surface area (Å²) in [6.45, 7) is 0. The Labute approximate surface area is 85.4 Å². The zero-order valence-corrected chi connectivity index (χ0v) is 8.12. The van der Waals surface area contributed by atoms with Crippen molar-refractivity contribution in [3.63, 3.8) is 0 Å². The normalized spacial score (nSPS) is 9.71. The van der Waals surface area contributed by atoms with Crippen LogP contribution < -0.4 is 5.32 Å². The third-order valence-corrected chi connectivity index (χ3v) is 2.46. The van der Waals surface area contributed by atoms with Crippen LogP contribution in [0.4, 0.5) is 5.82 Å². The second kappa shape index (κ2) is 4.02. The fourth-order valence-corrected chi connectivity index (χ4v) is 1.80. The molecular weight excluding hydrogens is 196 g/mol. The average molecular weight is 204 g/mol. The first-order chi connectivity index (χ1) is 6.90.